The standard InChI is InChI=1S/C12H16F3NO3/c1-7-5-8(9(17)19-2)16(6-7)10(18)11(3-4-11)12(13,14)15/h7-8H,3-6H2,1-2H3/t7-,8-/m0/s1. The van der Waals surface area contributed by atoms with Crippen LogP contribution >= 0.6 is 0 Å². The van der Waals surface area contributed by atoms with Gasteiger partial charge < -0.3 is 9.64 Å². The quantitative estimate of drug-likeness (QED) is 0.723. The Balaban J connectivity index is 2.21. The third kappa shape index (κ3) is 2.19. The lowest BCUT2D eigenvalue weighted by Crippen LogP contribution is -2.48. The molecule has 1 heterocycles. The summed E-state index contributed by atoms with van der Waals surface area (Å²) in [6, 6.07) is -0.882. The molecule has 0 bridgehead atoms. The van der Waals surface area contributed by atoms with E-state index >= 15 is 0 Å². The van der Waals surface area contributed by atoms with Crippen molar-refractivity contribution in [2.24, 2.45) is 11.3 Å². The minimum absolute atomic E-state index is 0.00270. The Morgan fingerprint density at radius 2 is 1.89 bits per heavy atom. The third-order valence-electron chi connectivity index (χ3n) is 3.95. The molecule has 7 heteroatoms. The SMILES string of the molecule is COC(=O)[C@@H]1C[C@H](C)CN1C(=O)C1(C(F)(F)F)CC1. The van der Waals surface area contributed by atoms with Gasteiger partial charge in [0.2, 0.25) is 5.91 Å². The Bertz CT molecular complexity index is 404. The first-order valence-electron chi connectivity index (χ1n) is 6.18. The van der Waals surface area contributed by atoms with E-state index in [1.165, 1.54) is 7.11 Å². The number of nitrogens with zero attached hydrogens (tertiary/aromatic N) is 1. The van der Waals surface area contributed by atoms with Gasteiger partial charge in [-0.15, -0.1) is 0 Å². The predicted octanol–water partition coefficient (Wildman–Crippen LogP) is 1.74. The number of hydrogen-bond donors (Lipinski definition) is 0. The first-order valence-corrected chi connectivity index (χ1v) is 6.18. The Labute approximate surface area is 108 Å². The maximum absolute atomic E-state index is 12.9. The van der Waals surface area contributed by atoms with E-state index in [2.05, 4.69) is 4.74 Å². The smallest absolute Gasteiger partial charge is 0.403 e. The van der Waals surface area contributed by atoms with E-state index in [1.54, 1.807) is 6.92 Å². The van der Waals surface area contributed by atoms with Crippen LogP contribution in [0.2, 0.25) is 0 Å². The molecule has 2 rings (SSSR count). The summed E-state index contributed by atoms with van der Waals surface area (Å²) >= 11 is 0. The zero-order chi connectivity index (χ0) is 14.4. The Hall–Kier alpha value is -1.27. The van der Waals surface area contributed by atoms with Gasteiger partial charge in [0, 0.05) is 6.54 Å². The van der Waals surface area contributed by atoms with Crippen LogP contribution in [0, 0.1) is 11.3 Å². The average molecular weight is 279 g/mol. The number of rotatable bonds is 2. The van der Waals surface area contributed by atoms with Gasteiger partial charge in [-0.2, -0.15) is 13.2 Å². The van der Waals surface area contributed by atoms with Crippen LogP contribution in [-0.4, -0.2) is 42.6 Å². The highest BCUT2D eigenvalue weighted by Crippen LogP contribution is 2.59. The molecule has 1 saturated heterocycles. The number of esters is 1. The summed E-state index contributed by atoms with van der Waals surface area (Å²) in [4.78, 5) is 24.8. The van der Waals surface area contributed by atoms with Gasteiger partial charge in [0.1, 0.15) is 11.5 Å². The van der Waals surface area contributed by atoms with Crippen LogP contribution in [-0.2, 0) is 14.3 Å². The second-order valence-electron chi connectivity index (χ2n) is 5.42. The van der Waals surface area contributed by atoms with Gasteiger partial charge in [-0.05, 0) is 25.2 Å². The van der Waals surface area contributed by atoms with Gasteiger partial charge in [-0.3, -0.25) is 4.79 Å². The van der Waals surface area contributed by atoms with E-state index < -0.39 is 29.5 Å². The minimum Gasteiger partial charge on any atom is -0.467 e. The second kappa shape index (κ2) is 4.38. The van der Waals surface area contributed by atoms with Crippen molar-refractivity contribution in [2.75, 3.05) is 13.7 Å². The zero-order valence-electron chi connectivity index (χ0n) is 10.8. The van der Waals surface area contributed by atoms with Crippen molar-refractivity contribution in [1.29, 1.82) is 0 Å². The van der Waals surface area contributed by atoms with Crippen LogP contribution < -0.4 is 0 Å². The highest BCUT2D eigenvalue weighted by Gasteiger charge is 2.70. The van der Waals surface area contributed by atoms with Gasteiger partial charge in [0.25, 0.3) is 0 Å². The lowest BCUT2D eigenvalue weighted by atomic mass is 10.0. The molecule has 0 aromatic carbocycles. The molecule has 0 radical (unpaired) electrons. The van der Waals surface area contributed by atoms with Gasteiger partial charge >= 0.3 is 12.1 Å². The number of likely N-dealkylation sites (tertiary alicyclic amines) is 1. The summed E-state index contributed by atoms with van der Waals surface area (Å²) in [6.07, 6.45) is -4.56. The summed E-state index contributed by atoms with van der Waals surface area (Å²) in [5.74, 6) is -1.62. The van der Waals surface area contributed by atoms with Crippen molar-refractivity contribution in [3.8, 4) is 0 Å². The van der Waals surface area contributed by atoms with Crippen molar-refractivity contribution < 1.29 is 27.5 Å². The summed E-state index contributed by atoms with van der Waals surface area (Å²) in [6.45, 7) is 1.98. The molecule has 19 heavy (non-hydrogen) atoms. The lowest BCUT2D eigenvalue weighted by Gasteiger charge is -2.28. The number of hydrogen-bond acceptors (Lipinski definition) is 3. The molecule has 2 atom stereocenters. The Morgan fingerprint density at radius 3 is 2.32 bits per heavy atom. The largest absolute Gasteiger partial charge is 0.467 e. The number of amides is 1. The number of alkyl halides is 3. The average Bonchev–Trinajstić information content (AvgIpc) is 3.05. The number of carbonyl (C=O) groups is 2. The molecule has 2 aliphatic rings. The van der Waals surface area contributed by atoms with Gasteiger partial charge in [0.05, 0.1) is 7.11 Å². The molecule has 4 nitrogen and oxygen atoms in total. The fourth-order valence-electron chi connectivity index (χ4n) is 2.65. The first kappa shape index (κ1) is 14.1. The monoisotopic (exact) mass is 279 g/mol. The van der Waals surface area contributed by atoms with Crippen molar-refractivity contribution in [1.82, 2.24) is 4.90 Å². The topological polar surface area (TPSA) is 46.6 Å². The fraction of sp³-hybridized carbons (Fsp3) is 0.833. The van der Waals surface area contributed by atoms with E-state index in [-0.39, 0.29) is 25.3 Å². The number of carbonyl (C=O) groups excluding carboxylic acids is 2. The molecule has 0 aromatic rings. The summed E-state index contributed by atoms with van der Waals surface area (Å²) in [5.41, 5.74) is -2.26. The van der Waals surface area contributed by atoms with E-state index in [4.69, 9.17) is 0 Å². The van der Waals surface area contributed by atoms with Crippen LogP contribution in [0.25, 0.3) is 0 Å². The van der Waals surface area contributed by atoms with E-state index in [9.17, 15) is 22.8 Å². The zero-order valence-corrected chi connectivity index (χ0v) is 10.8. The number of methoxy groups -OCH3 is 1. The molecule has 0 spiro atoms. The van der Waals surface area contributed by atoms with Crippen LogP contribution in [0.4, 0.5) is 13.2 Å². The molecule has 1 saturated carbocycles. The highest BCUT2D eigenvalue weighted by atomic mass is 19.4. The molecule has 1 aliphatic carbocycles. The van der Waals surface area contributed by atoms with E-state index in [0.717, 1.165) is 4.90 Å². The van der Waals surface area contributed by atoms with Crippen LogP contribution in [0.3, 0.4) is 0 Å². The van der Waals surface area contributed by atoms with Gasteiger partial charge in [-0.1, -0.05) is 6.92 Å². The van der Waals surface area contributed by atoms with Crippen LogP contribution in [0.5, 0.6) is 0 Å². The van der Waals surface area contributed by atoms with Crippen molar-refractivity contribution in [3.63, 3.8) is 0 Å². The maximum atomic E-state index is 12.9. The summed E-state index contributed by atoms with van der Waals surface area (Å²) < 4.78 is 43.4. The minimum atomic E-state index is -4.55. The Kier molecular flexibility index (Phi) is 3.26. The lowest BCUT2D eigenvalue weighted by molar-refractivity contribution is -0.200. The normalized spacial score (nSPS) is 29.2. The molecule has 0 N–H and O–H groups in total. The van der Waals surface area contributed by atoms with Gasteiger partial charge in [-0.25, -0.2) is 4.79 Å². The number of halogens is 3. The maximum Gasteiger partial charge on any atom is 0.403 e. The number of ether oxygens (including phenoxy) is 1. The summed E-state index contributed by atoms with van der Waals surface area (Å²) in [5, 5.41) is 0. The molecule has 0 unspecified atom stereocenters. The first-order chi connectivity index (χ1) is 8.73. The van der Waals surface area contributed by atoms with Gasteiger partial charge in [0.15, 0.2) is 0 Å². The highest BCUT2D eigenvalue weighted by molar-refractivity contribution is 5.91. The van der Waals surface area contributed by atoms with Crippen molar-refractivity contribution in [3.05, 3.63) is 0 Å². The summed E-state index contributed by atoms with van der Waals surface area (Å²) in [7, 11) is 1.17. The predicted molar refractivity (Wildman–Crippen MR) is 59.0 cm³/mol. The van der Waals surface area contributed by atoms with Crippen LogP contribution in [0.1, 0.15) is 26.2 Å². The van der Waals surface area contributed by atoms with Crippen molar-refractivity contribution in [2.45, 2.75) is 38.4 Å². The molecular weight excluding hydrogens is 263 g/mol. The second-order valence-corrected chi connectivity index (χ2v) is 5.42. The van der Waals surface area contributed by atoms with E-state index in [1.807, 2.05) is 0 Å². The molecule has 1 aliphatic heterocycles. The third-order valence-corrected chi connectivity index (χ3v) is 3.95. The fourth-order valence-corrected chi connectivity index (χ4v) is 2.65. The molecular formula is C12H16F3NO3. The molecule has 1 amide bonds. The van der Waals surface area contributed by atoms with Crippen LogP contribution in [0.15, 0.2) is 0 Å². The molecule has 108 valence electrons. The molecule has 0 aromatic heterocycles. The Morgan fingerprint density at radius 1 is 1.32 bits per heavy atom. The van der Waals surface area contributed by atoms with Crippen molar-refractivity contribution >= 4 is 11.9 Å². The van der Waals surface area contributed by atoms with E-state index in [0.29, 0.717) is 6.42 Å². The molecule has 2 fully saturated rings.